The number of hydrogen-bond acceptors (Lipinski definition) is 2. The van der Waals surface area contributed by atoms with Gasteiger partial charge in [0.25, 0.3) is 0 Å². The van der Waals surface area contributed by atoms with E-state index in [1.165, 1.54) is 12.3 Å². The molecule has 0 aliphatic rings. The van der Waals surface area contributed by atoms with E-state index in [1.807, 2.05) is 84.9 Å². The van der Waals surface area contributed by atoms with E-state index >= 15 is 0 Å². The third kappa shape index (κ3) is 8.72. The third-order valence-corrected chi connectivity index (χ3v) is 9.17. The van der Waals surface area contributed by atoms with Crippen molar-refractivity contribution < 1.29 is 53.6 Å². The van der Waals surface area contributed by atoms with Gasteiger partial charge in [0.1, 0.15) is 22.3 Å². The van der Waals surface area contributed by atoms with Gasteiger partial charge in [-0.15, -0.1) is 29.3 Å². The summed E-state index contributed by atoms with van der Waals surface area (Å²) in [5.74, 6) is 4.74. The quantitative estimate of drug-likeness (QED) is 0.0768. The van der Waals surface area contributed by atoms with Crippen molar-refractivity contribution in [1.29, 1.82) is 0 Å². The third-order valence-electron chi connectivity index (χ3n) is 6.17. The normalized spacial score (nSPS) is 10.2. The molecule has 0 radical (unpaired) electrons. The summed E-state index contributed by atoms with van der Waals surface area (Å²) in [6.45, 7) is 9.59. The van der Waals surface area contributed by atoms with Gasteiger partial charge >= 0.3 is 44.8 Å². The molecule has 0 saturated heterocycles. The summed E-state index contributed by atoms with van der Waals surface area (Å²) in [6, 6.07) is 27.2. The van der Waals surface area contributed by atoms with Gasteiger partial charge in [-0.05, 0) is 34.0 Å². The van der Waals surface area contributed by atoms with Crippen LogP contribution < -0.4 is 0 Å². The summed E-state index contributed by atoms with van der Waals surface area (Å²) < 4.78 is 11.3. The molecule has 210 valence electrons. The van der Waals surface area contributed by atoms with Crippen molar-refractivity contribution in [2.24, 2.45) is 0 Å². The van der Waals surface area contributed by atoms with Gasteiger partial charge < -0.3 is 21.7 Å². The Kier molecular flexibility index (Phi) is 14.0. The molecule has 0 aliphatic heterocycles. The van der Waals surface area contributed by atoms with E-state index < -0.39 is 0 Å². The standard InChI is InChI=1S/2C14H7O.C6H16P2.2Au/c1-2-10-7-8-14-12(9-10)11-5-3-4-6-13(11)15-14;1-2-10-7-8-12-11-5-3-4-6-13(11)15-14(12)9-10;1-7(2)5-6-8(3)4;;/h2*3-9H;5-6H2,1-4H3;;/q2*-1;;2*+1/p+2. The second kappa shape index (κ2) is 16.4. The number of fused-ring (bicyclic) bond motifs is 6. The molecule has 40 heavy (non-hydrogen) atoms. The second-order valence-corrected chi connectivity index (χ2v) is 15.6. The van der Waals surface area contributed by atoms with Crippen LogP contribution in [0.2, 0.25) is 0 Å². The van der Waals surface area contributed by atoms with Crippen LogP contribution in [0.4, 0.5) is 0 Å². The summed E-state index contributed by atoms with van der Waals surface area (Å²) in [5.41, 5.74) is 4.95. The monoisotopic (exact) mass is 928 g/mol. The Morgan fingerprint density at radius 3 is 1.50 bits per heavy atom. The van der Waals surface area contributed by atoms with Gasteiger partial charge in [-0.3, -0.25) is 11.8 Å². The zero-order valence-corrected chi connectivity index (χ0v) is 29.2. The van der Waals surface area contributed by atoms with Gasteiger partial charge in [-0.25, -0.2) is 0 Å². The van der Waals surface area contributed by atoms with Gasteiger partial charge in [0.15, 0.2) is 0 Å². The molecule has 0 amide bonds. The number of benzene rings is 4. The molecule has 2 aromatic heterocycles. The van der Waals surface area contributed by atoms with Gasteiger partial charge in [-0.2, -0.15) is 0 Å². The van der Waals surface area contributed by atoms with Crippen LogP contribution in [0, 0.1) is 24.7 Å². The van der Waals surface area contributed by atoms with E-state index in [4.69, 9.17) is 21.7 Å². The fraction of sp³-hybridized carbons (Fsp3) is 0.176. The molecule has 2 heterocycles. The first kappa shape index (κ1) is 34.1. The molecule has 0 unspecified atom stereocenters. The zero-order valence-electron chi connectivity index (χ0n) is 22.9. The molecule has 6 heteroatoms. The van der Waals surface area contributed by atoms with Crippen LogP contribution in [0.5, 0.6) is 0 Å². The first-order valence-corrected chi connectivity index (χ1v) is 18.1. The Bertz CT molecular complexity index is 1750. The molecule has 0 spiro atoms. The van der Waals surface area contributed by atoms with Crippen molar-refractivity contribution in [3.05, 3.63) is 109 Å². The maximum absolute atomic E-state index is 7.10. The topological polar surface area (TPSA) is 26.3 Å². The Hall–Kier alpha value is -2.06. The van der Waals surface area contributed by atoms with Gasteiger partial charge in [0.05, 0.1) is 12.3 Å². The molecule has 0 aliphatic carbocycles. The van der Waals surface area contributed by atoms with Crippen molar-refractivity contribution in [2.75, 3.05) is 39.0 Å². The van der Waals surface area contributed by atoms with Crippen LogP contribution in [0.3, 0.4) is 0 Å². The van der Waals surface area contributed by atoms with Gasteiger partial charge in [0.2, 0.25) is 0 Å². The second-order valence-electron chi connectivity index (χ2n) is 9.78. The van der Waals surface area contributed by atoms with E-state index in [9.17, 15) is 0 Å². The van der Waals surface area contributed by atoms with Gasteiger partial charge in [0, 0.05) is 48.2 Å². The van der Waals surface area contributed by atoms with Crippen molar-refractivity contribution >= 4 is 59.7 Å². The Morgan fingerprint density at radius 2 is 0.950 bits per heavy atom. The van der Waals surface area contributed by atoms with Crippen LogP contribution in [-0.2, 0) is 44.8 Å². The van der Waals surface area contributed by atoms with E-state index in [0.717, 1.165) is 55.0 Å². The molecule has 2 nitrogen and oxygen atoms in total. The van der Waals surface area contributed by atoms with Crippen LogP contribution in [-0.4, -0.2) is 39.0 Å². The molecule has 6 rings (SSSR count). The van der Waals surface area contributed by atoms with Crippen molar-refractivity contribution in [2.45, 2.75) is 0 Å². The molecular weight excluding hydrogens is 896 g/mol. The summed E-state index contributed by atoms with van der Waals surface area (Å²) in [4.78, 5) is 0. The average molecular weight is 929 g/mol. The van der Waals surface area contributed by atoms with E-state index in [2.05, 4.69) is 38.5 Å². The minimum Gasteiger partial charge on any atom is -0.458 e. The van der Waals surface area contributed by atoms with Crippen LogP contribution in [0.15, 0.2) is 93.8 Å². The van der Waals surface area contributed by atoms with E-state index in [1.54, 1.807) is 0 Å². The minimum absolute atomic E-state index is 0. The molecule has 6 aromatic rings. The molecule has 4 aromatic carbocycles. The van der Waals surface area contributed by atoms with E-state index in [-0.39, 0.29) is 60.6 Å². The van der Waals surface area contributed by atoms with Crippen LogP contribution in [0.1, 0.15) is 11.1 Å². The molecular formula is C34H32Au2O2P2+2. The number of hydrogen-bond donors (Lipinski definition) is 0. The molecule has 0 fully saturated rings. The Balaban J connectivity index is 0.000000216. The first-order valence-electron chi connectivity index (χ1n) is 12.7. The summed E-state index contributed by atoms with van der Waals surface area (Å²) in [6.07, 6.45) is 17.2. The maximum atomic E-state index is 7.10. The predicted octanol–water partition coefficient (Wildman–Crippen LogP) is 8.98. The molecule has 0 bridgehead atoms. The average Bonchev–Trinajstić information content (AvgIpc) is 3.49. The fourth-order valence-electron chi connectivity index (χ4n) is 4.11. The smallest absolute Gasteiger partial charge is 0.458 e. The summed E-state index contributed by atoms with van der Waals surface area (Å²) >= 11 is 0. The van der Waals surface area contributed by atoms with Crippen LogP contribution in [0.25, 0.3) is 43.9 Å². The van der Waals surface area contributed by atoms with Crippen molar-refractivity contribution in [3.63, 3.8) is 0 Å². The Morgan fingerprint density at radius 1 is 0.525 bits per heavy atom. The van der Waals surface area contributed by atoms with Gasteiger partial charge in [-0.1, -0.05) is 48.5 Å². The van der Waals surface area contributed by atoms with Crippen molar-refractivity contribution in [1.82, 2.24) is 0 Å². The SMILES string of the molecule is C[PH+](C)CC[PH+](C)C.[Au+].[Au+].[C-]#Cc1ccc2c(c1)oc1ccccc12.[C-]#Cc1ccc2oc3ccccc3c2c1. The number of rotatable bonds is 3. The van der Waals surface area contributed by atoms with Crippen LogP contribution >= 0.6 is 15.8 Å². The largest absolute Gasteiger partial charge is 1.00 e. The summed E-state index contributed by atoms with van der Waals surface area (Å²) in [7, 11) is 0.191. The number of para-hydroxylation sites is 2. The number of furan rings is 2. The maximum Gasteiger partial charge on any atom is 1.00 e. The molecule has 0 atom stereocenters. The summed E-state index contributed by atoms with van der Waals surface area (Å²) in [5, 5.41) is 4.33. The molecule has 0 N–H and O–H groups in total. The minimum atomic E-state index is 0. The Labute approximate surface area is 271 Å². The predicted molar refractivity (Wildman–Crippen MR) is 170 cm³/mol. The van der Waals surface area contributed by atoms with E-state index in [0.29, 0.717) is 0 Å². The molecule has 0 saturated carbocycles. The fourth-order valence-corrected chi connectivity index (χ4v) is 8.11. The zero-order chi connectivity index (χ0) is 27.1. The van der Waals surface area contributed by atoms with Crippen molar-refractivity contribution in [3.8, 4) is 11.8 Å². The first-order chi connectivity index (χ1) is 18.4.